The first kappa shape index (κ1) is 12.9. The molecule has 0 bridgehead atoms. The Balaban J connectivity index is 4.36. The van der Waals surface area contributed by atoms with Gasteiger partial charge >= 0.3 is 0 Å². The molecule has 0 aliphatic rings. The molecule has 0 radical (unpaired) electrons. The summed E-state index contributed by atoms with van der Waals surface area (Å²) in [5, 5.41) is 10.2. The molecule has 0 aliphatic carbocycles. The van der Waals surface area contributed by atoms with Crippen molar-refractivity contribution in [1.29, 1.82) is 0 Å². The summed E-state index contributed by atoms with van der Waals surface area (Å²) >= 11 is 0. The molecule has 2 unspecified atom stereocenters. The van der Waals surface area contributed by atoms with Gasteiger partial charge in [0.25, 0.3) is 0 Å². The van der Waals surface area contributed by atoms with E-state index in [1.165, 1.54) is 0 Å². The van der Waals surface area contributed by atoms with Crippen LogP contribution in [-0.2, 0) is 0 Å². The maximum atomic E-state index is 10.2. The van der Waals surface area contributed by atoms with Gasteiger partial charge in [-0.15, -0.1) is 0 Å². The molecule has 0 aromatic rings. The monoisotopic (exact) mass is 187 g/mol. The van der Waals surface area contributed by atoms with Crippen LogP contribution in [0.2, 0.25) is 0 Å². The van der Waals surface area contributed by atoms with Crippen LogP contribution in [-0.4, -0.2) is 17.3 Å². The van der Waals surface area contributed by atoms with Gasteiger partial charge in [0.15, 0.2) is 0 Å². The molecule has 0 aromatic carbocycles. The molecule has 0 rings (SSSR count). The third kappa shape index (κ3) is 4.63. The average molecular weight is 187 g/mol. The normalized spacial score (nSPS) is 19.6. The van der Waals surface area contributed by atoms with Gasteiger partial charge in [-0.25, -0.2) is 0 Å². The topological polar surface area (TPSA) is 46.2 Å². The van der Waals surface area contributed by atoms with Crippen LogP contribution >= 0.6 is 0 Å². The molecule has 0 spiro atoms. The Morgan fingerprint density at radius 3 is 1.92 bits per heavy atom. The van der Waals surface area contributed by atoms with Crippen molar-refractivity contribution in [2.75, 3.05) is 6.54 Å². The van der Waals surface area contributed by atoms with E-state index >= 15 is 0 Å². The molecule has 0 heterocycles. The standard InChI is InChI=1S/C11H25NO/c1-6-9(7-12)11(5,13)8-10(2,3)4/h9,13H,6-8,12H2,1-5H3. The first-order valence-corrected chi connectivity index (χ1v) is 5.15. The highest BCUT2D eigenvalue weighted by Gasteiger charge is 2.33. The number of hydrogen-bond donors (Lipinski definition) is 2. The molecule has 13 heavy (non-hydrogen) atoms. The summed E-state index contributed by atoms with van der Waals surface area (Å²) in [5.74, 6) is 0.215. The molecule has 0 amide bonds. The van der Waals surface area contributed by atoms with E-state index in [-0.39, 0.29) is 11.3 Å². The second-order valence-corrected chi connectivity index (χ2v) is 5.44. The quantitative estimate of drug-likeness (QED) is 0.708. The van der Waals surface area contributed by atoms with Gasteiger partial charge in [0.05, 0.1) is 5.60 Å². The Morgan fingerprint density at radius 2 is 1.69 bits per heavy atom. The highest BCUT2D eigenvalue weighted by Crippen LogP contribution is 2.33. The summed E-state index contributed by atoms with van der Waals surface area (Å²) < 4.78 is 0. The van der Waals surface area contributed by atoms with Crippen molar-refractivity contribution in [2.24, 2.45) is 17.1 Å². The van der Waals surface area contributed by atoms with Crippen LogP contribution in [0, 0.1) is 11.3 Å². The van der Waals surface area contributed by atoms with Crippen molar-refractivity contribution >= 4 is 0 Å². The van der Waals surface area contributed by atoms with E-state index in [0.717, 1.165) is 12.8 Å². The fourth-order valence-electron chi connectivity index (χ4n) is 2.08. The van der Waals surface area contributed by atoms with Crippen molar-refractivity contribution in [1.82, 2.24) is 0 Å². The molecule has 0 saturated heterocycles. The van der Waals surface area contributed by atoms with E-state index in [4.69, 9.17) is 5.73 Å². The zero-order chi connectivity index (χ0) is 10.7. The molecule has 80 valence electrons. The van der Waals surface area contributed by atoms with Crippen LogP contribution in [0.5, 0.6) is 0 Å². The molecule has 2 nitrogen and oxygen atoms in total. The highest BCUT2D eigenvalue weighted by molar-refractivity contribution is 4.86. The van der Waals surface area contributed by atoms with Gasteiger partial charge in [-0.3, -0.25) is 0 Å². The maximum Gasteiger partial charge on any atom is 0.0664 e. The van der Waals surface area contributed by atoms with E-state index in [9.17, 15) is 5.11 Å². The molecule has 2 atom stereocenters. The van der Waals surface area contributed by atoms with E-state index in [1.807, 2.05) is 6.92 Å². The maximum absolute atomic E-state index is 10.2. The lowest BCUT2D eigenvalue weighted by atomic mass is 9.75. The highest BCUT2D eigenvalue weighted by atomic mass is 16.3. The van der Waals surface area contributed by atoms with Crippen molar-refractivity contribution in [3.63, 3.8) is 0 Å². The summed E-state index contributed by atoms with van der Waals surface area (Å²) in [4.78, 5) is 0. The van der Waals surface area contributed by atoms with Gasteiger partial charge in [0.1, 0.15) is 0 Å². The summed E-state index contributed by atoms with van der Waals surface area (Å²) in [5.41, 5.74) is 5.16. The molecule has 0 aromatic heterocycles. The van der Waals surface area contributed by atoms with Crippen LogP contribution in [0.4, 0.5) is 0 Å². The predicted molar refractivity (Wildman–Crippen MR) is 57.5 cm³/mol. The lowest BCUT2D eigenvalue weighted by Gasteiger charge is -2.36. The zero-order valence-corrected chi connectivity index (χ0v) is 9.72. The Morgan fingerprint density at radius 1 is 1.23 bits per heavy atom. The van der Waals surface area contributed by atoms with E-state index < -0.39 is 5.60 Å². The Labute approximate surface area is 82.5 Å². The Bertz CT molecular complexity index is 143. The fourth-order valence-corrected chi connectivity index (χ4v) is 2.08. The van der Waals surface area contributed by atoms with E-state index in [0.29, 0.717) is 6.54 Å². The van der Waals surface area contributed by atoms with Crippen LogP contribution in [0.15, 0.2) is 0 Å². The molecule has 3 N–H and O–H groups in total. The molecular weight excluding hydrogens is 162 g/mol. The largest absolute Gasteiger partial charge is 0.390 e. The molecular formula is C11H25NO. The molecule has 0 saturated carbocycles. The molecule has 0 aliphatic heterocycles. The molecule has 0 fully saturated rings. The van der Waals surface area contributed by atoms with Crippen LogP contribution in [0.1, 0.15) is 47.5 Å². The summed E-state index contributed by atoms with van der Waals surface area (Å²) in [6.07, 6.45) is 1.75. The smallest absolute Gasteiger partial charge is 0.0664 e. The summed E-state index contributed by atoms with van der Waals surface area (Å²) in [6, 6.07) is 0. The first-order valence-electron chi connectivity index (χ1n) is 5.15. The van der Waals surface area contributed by atoms with E-state index in [2.05, 4.69) is 27.7 Å². The van der Waals surface area contributed by atoms with Gasteiger partial charge < -0.3 is 10.8 Å². The second kappa shape index (κ2) is 4.43. The number of hydrogen-bond acceptors (Lipinski definition) is 2. The second-order valence-electron chi connectivity index (χ2n) is 5.44. The van der Waals surface area contributed by atoms with Crippen molar-refractivity contribution < 1.29 is 5.11 Å². The number of nitrogens with two attached hydrogens (primary N) is 1. The van der Waals surface area contributed by atoms with Crippen molar-refractivity contribution in [3.05, 3.63) is 0 Å². The Kier molecular flexibility index (Phi) is 4.40. The zero-order valence-electron chi connectivity index (χ0n) is 9.72. The van der Waals surface area contributed by atoms with Crippen LogP contribution < -0.4 is 5.73 Å². The minimum absolute atomic E-state index is 0.159. The molecule has 2 heteroatoms. The number of rotatable bonds is 4. The van der Waals surface area contributed by atoms with Crippen molar-refractivity contribution in [2.45, 2.75) is 53.1 Å². The van der Waals surface area contributed by atoms with Gasteiger partial charge in [0.2, 0.25) is 0 Å². The van der Waals surface area contributed by atoms with Gasteiger partial charge in [-0.2, -0.15) is 0 Å². The predicted octanol–water partition coefficient (Wildman–Crippen LogP) is 2.16. The first-order chi connectivity index (χ1) is 5.73. The van der Waals surface area contributed by atoms with Gasteiger partial charge in [-0.1, -0.05) is 27.7 Å². The lowest BCUT2D eigenvalue weighted by molar-refractivity contribution is -0.0320. The van der Waals surface area contributed by atoms with E-state index in [1.54, 1.807) is 0 Å². The van der Waals surface area contributed by atoms with Gasteiger partial charge in [-0.05, 0) is 37.6 Å². The summed E-state index contributed by atoms with van der Waals surface area (Å²) in [6.45, 7) is 11.0. The minimum atomic E-state index is -0.623. The third-order valence-corrected chi connectivity index (χ3v) is 2.55. The van der Waals surface area contributed by atoms with Crippen molar-refractivity contribution in [3.8, 4) is 0 Å². The minimum Gasteiger partial charge on any atom is -0.390 e. The lowest BCUT2D eigenvalue weighted by Crippen LogP contribution is -2.41. The fraction of sp³-hybridized carbons (Fsp3) is 1.00. The SMILES string of the molecule is CCC(CN)C(C)(O)CC(C)(C)C. The van der Waals surface area contributed by atoms with Crippen LogP contribution in [0.25, 0.3) is 0 Å². The summed E-state index contributed by atoms with van der Waals surface area (Å²) in [7, 11) is 0. The van der Waals surface area contributed by atoms with Crippen LogP contribution in [0.3, 0.4) is 0 Å². The average Bonchev–Trinajstić information content (AvgIpc) is 1.83. The third-order valence-electron chi connectivity index (χ3n) is 2.55. The Hall–Kier alpha value is -0.0800. The number of aliphatic hydroxyl groups is 1. The van der Waals surface area contributed by atoms with Gasteiger partial charge in [0, 0.05) is 0 Å².